The Labute approximate surface area is 149 Å². The number of likely N-dealkylation sites (tertiary alicyclic amines) is 1. The van der Waals surface area contributed by atoms with Crippen LogP contribution >= 0.6 is 0 Å². The zero-order valence-corrected chi connectivity index (χ0v) is 15.3. The summed E-state index contributed by atoms with van der Waals surface area (Å²) < 4.78 is 31.9. The summed E-state index contributed by atoms with van der Waals surface area (Å²) in [6.07, 6.45) is 0.800. The Hall–Kier alpha value is -1.48. The van der Waals surface area contributed by atoms with Crippen molar-refractivity contribution in [3.63, 3.8) is 0 Å². The molecule has 0 aromatic heterocycles. The number of carbonyl (C=O) groups is 1. The molecular weight excluding hydrogens is 342 g/mol. The van der Waals surface area contributed by atoms with Gasteiger partial charge in [-0.2, -0.15) is 4.31 Å². The minimum Gasteiger partial charge on any atom is -0.383 e. The Morgan fingerprint density at radius 1 is 1.08 bits per heavy atom. The molecule has 1 unspecified atom stereocenters. The summed E-state index contributed by atoms with van der Waals surface area (Å²) >= 11 is 0. The number of hydrogen-bond donors (Lipinski definition) is 0. The van der Waals surface area contributed by atoms with E-state index in [9.17, 15) is 13.2 Å². The van der Waals surface area contributed by atoms with Gasteiger partial charge in [-0.25, -0.2) is 8.42 Å². The lowest BCUT2D eigenvalue weighted by molar-refractivity contribution is -0.133. The van der Waals surface area contributed by atoms with E-state index in [0.717, 1.165) is 13.0 Å². The number of methoxy groups -OCH3 is 1. The molecule has 2 heterocycles. The van der Waals surface area contributed by atoms with Crippen molar-refractivity contribution in [2.75, 3.05) is 53.0 Å². The van der Waals surface area contributed by atoms with Gasteiger partial charge in [-0.1, -0.05) is 18.2 Å². The summed E-state index contributed by atoms with van der Waals surface area (Å²) in [5.74, 6) is 0.136. The van der Waals surface area contributed by atoms with Crippen molar-refractivity contribution in [3.05, 3.63) is 30.3 Å². The van der Waals surface area contributed by atoms with Gasteiger partial charge in [-0.3, -0.25) is 9.69 Å². The Kier molecular flexibility index (Phi) is 5.73. The highest BCUT2D eigenvalue weighted by Crippen LogP contribution is 2.22. The molecule has 0 N–H and O–H groups in total. The number of carbonyl (C=O) groups excluding carboxylic acids is 1. The van der Waals surface area contributed by atoms with Crippen LogP contribution in [0.3, 0.4) is 0 Å². The number of nitrogens with zero attached hydrogens (tertiary/aromatic N) is 3. The van der Waals surface area contributed by atoms with E-state index >= 15 is 0 Å². The van der Waals surface area contributed by atoms with Crippen molar-refractivity contribution >= 4 is 15.9 Å². The van der Waals surface area contributed by atoms with Crippen LogP contribution in [0.1, 0.15) is 6.42 Å². The molecule has 0 bridgehead atoms. The molecule has 2 fully saturated rings. The molecule has 0 aliphatic carbocycles. The molecule has 0 radical (unpaired) electrons. The molecule has 25 heavy (non-hydrogen) atoms. The first-order chi connectivity index (χ1) is 12.0. The van der Waals surface area contributed by atoms with Crippen LogP contribution in [0.25, 0.3) is 0 Å². The number of rotatable bonds is 6. The number of hydrogen-bond acceptors (Lipinski definition) is 5. The second kappa shape index (κ2) is 7.82. The fourth-order valence-electron chi connectivity index (χ4n) is 3.48. The molecule has 1 aromatic carbocycles. The van der Waals surface area contributed by atoms with Crippen LogP contribution in [0, 0.1) is 0 Å². The molecule has 2 aliphatic heterocycles. The van der Waals surface area contributed by atoms with E-state index in [1.807, 2.05) is 4.90 Å². The summed E-state index contributed by atoms with van der Waals surface area (Å²) in [6, 6.07) is 8.38. The predicted octanol–water partition coefficient (Wildman–Crippen LogP) is 0.240. The third-order valence-electron chi connectivity index (χ3n) is 4.93. The van der Waals surface area contributed by atoms with Crippen molar-refractivity contribution in [2.45, 2.75) is 17.4 Å². The van der Waals surface area contributed by atoms with Crippen molar-refractivity contribution in [1.82, 2.24) is 14.1 Å². The Morgan fingerprint density at radius 2 is 1.76 bits per heavy atom. The van der Waals surface area contributed by atoms with Crippen molar-refractivity contribution < 1.29 is 17.9 Å². The summed E-state index contributed by atoms with van der Waals surface area (Å²) in [7, 11) is -1.82. The second-order valence-corrected chi connectivity index (χ2v) is 8.31. The molecule has 138 valence electrons. The quantitative estimate of drug-likeness (QED) is 0.720. The molecule has 0 saturated carbocycles. The molecule has 3 rings (SSSR count). The van der Waals surface area contributed by atoms with Gasteiger partial charge in [0.2, 0.25) is 15.9 Å². The lowest BCUT2D eigenvalue weighted by atomic mass is 10.2. The van der Waals surface area contributed by atoms with Crippen LogP contribution in [-0.4, -0.2) is 87.5 Å². The van der Waals surface area contributed by atoms with Gasteiger partial charge in [0.15, 0.2) is 0 Å². The zero-order valence-electron chi connectivity index (χ0n) is 14.5. The van der Waals surface area contributed by atoms with Gasteiger partial charge in [0.05, 0.1) is 17.5 Å². The maximum atomic E-state index is 12.7. The van der Waals surface area contributed by atoms with Crippen molar-refractivity contribution in [3.8, 4) is 0 Å². The highest BCUT2D eigenvalue weighted by molar-refractivity contribution is 7.89. The maximum absolute atomic E-state index is 12.7. The fourth-order valence-corrected chi connectivity index (χ4v) is 4.93. The van der Waals surface area contributed by atoms with E-state index in [-0.39, 0.29) is 11.9 Å². The highest BCUT2D eigenvalue weighted by Gasteiger charge is 2.38. The standard InChI is InChI=1S/C17H25N3O4S/c1-24-14-13-19-8-7-16(17(19)21)18-9-11-20(12-10-18)25(22,23)15-5-3-2-4-6-15/h2-6,16H,7-14H2,1H3. The Bertz CT molecular complexity index is 687. The van der Waals surface area contributed by atoms with E-state index in [1.54, 1.807) is 37.4 Å². The van der Waals surface area contributed by atoms with Crippen LogP contribution in [0.5, 0.6) is 0 Å². The molecule has 2 saturated heterocycles. The predicted molar refractivity (Wildman–Crippen MR) is 93.6 cm³/mol. The van der Waals surface area contributed by atoms with Crippen LogP contribution in [0.2, 0.25) is 0 Å². The average molecular weight is 367 g/mol. The van der Waals surface area contributed by atoms with E-state index in [2.05, 4.69) is 4.90 Å². The first kappa shape index (κ1) is 18.3. The Balaban J connectivity index is 1.58. The maximum Gasteiger partial charge on any atom is 0.243 e. The number of piperazine rings is 1. The second-order valence-electron chi connectivity index (χ2n) is 6.38. The molecule has 8 heteroatoms. The third-order valence-corrected chi connectivity index (χ3v) is 6.84. The number of amides is 1. The molecule has 1 amide bonds. The molecule has 7 nitrogen and oxygen atoms in total. The third kappa shape index (κ3) is 3.87. The fraction of sp³-hybridized carbons (Fsp3) is 0.588. The van der Waals surface area contributed by atoms with Crippen LogP contribution in [-0.2, 0) is 19.6 Å². The van der Waals surface area contributed by atoms with E-state index < -0.39 is 10.0 Å². The highest BCUT2D eigenvalue weighted by atomic mass is 32.2. The summed E-state index contributed by atoms with van der Waals surface area (Å²) in [4.78, 5) is 16.8. The van der Waals surface area contributed by atoms with Crippen LogP contribution in [0.4, 0.5) is 0 Å². The first-order valence-corrected chi connectivity index (χ1v) is 10.0. The van der Waals surface area contributed by atoms with Crippen molar-refractivity contribution in [1.29, 1.82) is 0 Å². The first-order valence-electron chi connectivity index (χ1n) is 8.61. The monoisotopic (exact) mass is 367 g/mol. The molecular formula is C17H25N3O4S. The normalized spacial score (nSPS) is 23.3. The largest absolute Gasteiger partial charge is 0.383 e. The van der Waals surface area contributed by atoms with Gasteiger partial charge in [0.1, 0.15) is 0 Å². The van der Waals surface area contributed by atoms with Gasteiger partial charge in [-0.05, 0) is 18.6 Å². The van der Waals surface area contributed by atoms with Gasteiger partial charge in [0.25, 0.3) is 0 Å². The van der Waals surface area contributed by atoms with E-state index in [1.165, 1.54) is 4.31 Å². The number of sulfonamides is 1. The smallest absolute Gasteiger partial charge is 0.243 e. The van der Waals surface area contributed by atoms with E-state index in [0.29, 0.717) is 44.2 Å². The lowest BCUT2D eigenvalue weighted by Gasteiger charge is -2.36. The van der Waals surface area contributed by atoms with Crippen LogP contribution in [0.15, 0.2) is 35.2 Å². The molecule has 1 aromatic rings. The molecule has 2 aliphatic rings. The summed E-state index contributed by atoms with van der Waals surface area (Å²) in [6.45, 7) is 3.91. The number of ether oxygens (including phenoxy) is 1. The van der Waals surface area contributed by atoms with Crippen molar-refractivity contribution in [2.24, 2.45) is 0 Å². The SMILES string of the molecule is COCCN1CCC(N2CCN(S(=O)(=O)c3ccccc3)CC2)C1=O. The van der Waals surface area contributed by atoms with Crippen LogP contribution < -0.4 is 0 Å². The summed E-state index contributed by atoms with van der Waals surface area (Å²) in [5, 5.41) is 0. The number of benzene rings is 1. The van der Waals surface area contributed by atoms with Gasteiger partial charge >= 0.3 is 0 Å². The topological polar surface area (TPSA) is 70.2 Å². The molecule has 0 spiro atoms. The minimum atomic E-state index is -3.45. The molecule has 1 atom stereocenters. The average Bonchev–Trinajstić information content (AvgIpc) is 3.01. The minimum absolute atomic E-state index is 0.126. The van der Waals surface area contributed by atoms with Gasteiger partial charge in [-0.15, -0.1) is 0 Å². The lowest BCUT2D eigenvalue weighted by Crippen LogP contribution is -2.53. The zero-order chi connectivity index (χ0) is 17.9. The van der Waals surface area contributed by atoms with Gasteiger partial charge in [0, 0.05) is 46.4 Å². The van der Waals surface area contributed by atoms with Gasteiger partial charge < -0.3 is 9.64 Å². The summed E-state index contributed by atoms with van der Waals surface area (Å²) in [5.41, 5.74) is 0. The van der Waals surface area contributed by atoms with E-state index in [4.69, 9.17) is 4.74 Å². The Morgan fingerprint density at radius 3 is 2.40 bits per heavy atom.